The highest BCUT2D eigenvalue weighted by atomic mass is 32.2. The largest absolute Gasteiger partial charge is 0.534 e. The van der Waals surface area contributed by atoms with Gasteiger partial charge in [-0.05, 0) is 25.1 Å². The highest BCUT2D eigenvalue weighted by molar-refractivity contribution is 7.88. The van der Waals surface area contributed by atoms with Gasteiger partial charge in [0.05, 0.1) is 13.2 Å². The molecule has 1 aromatic rings. The second kappa shape index (κ2) is 9.43. The van der Waals surface area contributed by atoms with E-state index in [0.29, 0.717) is 0 Å². The normalized spacial score (nSPS) is 12.2. The van der Waals surface area contributed by atoms with Crippen molar-refractivity contribution < 1.29 is 44.8 Å². The molecule has 11 heteroatoms. The smallest absolute Gasteiger partial charge is 0.491 e. The Morgan fingerprint density at radius 3 is 2.50 bits per heavy atom. The lowest BCUT2D eigenvalue weighted by atomic mass is 10.2. The van der Waals surface area contributed by atoms with E-state index in [0.717, 1.165) is 18.2 Å². The molecule has 0 heterocycles. The van der Waals surface area contributed by atoms with E-state index in [-0.39, 0.29) is 31.1 Å². The number of alkyl halides is 3. The average molecular weight is 398 g/mol. The Hall–Kier alpha value is -2.27. The van der Waals surface area contributed by atoms with Crippen LogP contribution in [0.4, 0.5) is 13.2 Å². The van der Waals surface area contributed by atoms with Crippen molar-refractivity contribution in [3.8, 4) is 11.5 Å². The van der Waals surface area contributed by atoms with E-state index in [9.17, 15) is 26.4 Å². The molecule has 0 unspecified atom stereocenters. The van der Waals surface area contributed by atoms with E-state index in [4.69, 9.17) is 9.47 Å². The molecule has 0 N–H and O–H groups in total. The van der Waals surface area contributed by atoms with Crippen LogP contribution >= 0.6 is 0 Å². The lowest BCUT2D eigenvalue weighted by Crippen LogP contribution is -2.28. The molecule has 0 fully saturated rings. The molecule has 1 aromatic carbocycles. The Morgan fingerprint density at radius 2 is 1.92 bits per heavy atom. The van der Waals surface area contributed by atoms with E-state index in [2.05, 4.69) is 8.92 Å². The minimum atomic E-state index is -5.89. The van der Waals surface area contributed by atoms with E-state index >= 15 is 0 Å². The maximum Gasteiger partial charge on any atom is 0.534 e. The van der Waals surface area contributed by atoms with Crippen LogP contribution in [-0.2, 0) is 24.4 Å². The van der Waals surface area contributed by atoms with Crippen LogP contribution in [0.5, 0.6) is 11.5 Å². The zero-order valence-corrected chi connectivity index (χ0v) is 14.7. The zero-order valence-electron chi connectivity index (χ0n) is 13.9. The van der Waals surface area contributed by atoms with Gasteiger partial charge in [-0.3, -0.25) is 0 Å². The standard InChI is InChI=1S/C15H17F3O7S/c1-3-23-14(19)7-5-11-4-6-12(24-9-8-22-2)10-13(11)25-26(20,21)15(16,17)18/h4-7,10H,3,8-9H2,1-2H3. The van der Waals surface area contributed by atoms with Crippen molar-refractivity contribution in [2.75, 3.05) is 26.9 Å². The first-order valence-electron chi connectivity index (χ1n) is 7.22. The molecule has 146 valence electrons. The van der Waals surface area contributed by atoms with Gasteiger partial charge >= 0.3 is 21.6 Å². The molecule has 0 radical (unpaired) electrons. The lowest BCUT2D eigenvalue weighted by Gasteiger charge is -2.13. The number of ether oxygens (including phenoxy) is 3. The number of carbonyl (C=O) groups excluding carboxylic acids is 1. The summed E-state index contributed by atoms with van der Waals surface area (Å²) in [6.07, 6.45) is 2.00. The van der Waals surface area contributed by atoms with E-state index < -0.39 is 27.3 Å². The second-order valence-corrected chi connectivity index (χ2v) is 6.15. The molecule has 0 bridgehead atoms. The Morgan fingerprint density at radius 1 is 1.23 bits per heavy atom. The summed E-state index contributed by atoms with van der Waals surface area (Å²) in [6.45, 7) is 1.96. The zero-order chi connectivity index (χ0) is 19.8. The van der Waals surface area contributed by atoms with Gasteiger partial charge in [-0.25, -0.2) is 4.79 Å². The van der Waals surface area contributed by atoms with Gasteiger partial charge in [-0.1, -0.05) is 0 Å². The van der Waals surface area contributed by atoms with Gasteiger partial charge in [-0.15, -0.1) is 0 Å². The molecular formula is C15H17F3O7S. The van der Waals surface area contributed by atoms with Gasteiger partial charge in [0.25, 0.3) is 0 Å². The quantitative estimate of drug-likeness (QED) is 0.208. The van der Waals surface area contributed by atoms with Crippen LogP contribution in [-0.4, -0.2) is 46.8 Å². The SMILES string of the molecule is CCOC(=O)C=Cc1ccc(OCCOC)cc1OS(=O)(=O)C(F)(F)F. The molecule has 0 aliphatic heterocycles. The predicted octanol–water partition coefficient (Wildman–Crippen LogP) is 2.52. The minimum Gasteiger partial charge on any atom is -0.491 e. The summed E-state index contributed by atoms with van der Waals surface area (Å²) in [5.74, 6) is -1.35. The molecule has 0 saturated carbocycles. The predicted molar refractivity (Wildman–Crippen MR) is 85.1 cm³/mol. The summed E-state index contributed by atoms with van der Waals surface area (Å²) >= 11 is 0. The van der Waals surface area contributed by atoms with Gasteiger partial charge < -0.3 is 18.4 Å². The Bertz CT molecular complexity index is 742. The third-order valence-corrected chi connectivity index (χ3v) is 3.68. The van der Waals surface area contributed by atoms with E-state index in [1.54, 1.807) is 6.92 Å². The van der Waals surface area contributed by atoms with Gasteiger partial charge in [0.15, 0.2) is 5.75 Å². The first kappa shape index (κ1) is 21.8. The topological polar surface area (TPSA) is 88.1 Å². The number of rotatable bonds is 9. The monoisotopic (exact) mass is 398 g/mol. The Labute approximate surface area is 148 Å². The maximum absolute atomic E-state index is 12.6. The fourth-order valence-electron chi connectivity index (χ4n) is 1.57. The van der Waals surface area contributed by atoms with Crippen LogP contribution < -0.4 is 8.92 Å². The van der Waals surface area contributed by atoms with Crippen molar-refractivity contribution >= 4 is 22.2 Å². The van der Waals surface area contributed by atoms with Gasteiger partial charge in [-0.2, -0.15) is 21.6 Å². The molecule has 0 aromatic heterocycles. The summed E-state index contributed by atoms with van der Waals surface area (Å²) in [4.78, 5) is 11.3. The molecule has 1 rings (SSSR count). The molecule has 0 saturated heterocycles. The van der Waals surface area contributed by atoms with Crippen LogP contribution in [0, 0.1) is 0 Å². The van der Waals surface area contributed by atoms with Crippen molar-refractivity contribution in [3.63, 3.8) is 0 Å². The highest BCUT2D eigenvalue weighted by Crippen LogP contribution is 2.32. The van der Waals surface area contributed by atoms with E-state index in [1.165, 1.54) is 19.2 Å². The van der Waals surface area contributed by atoms with Crippen molar-refractivity contribution in [2.45, 2.75) is 12.4 Å². The molecule has 0 atom stereocenters. The fraction of sp³-hybridized carbons (Fsp3) is 0.400. The van der Waals surface area contributed by atoms with Gasteiger partial charge in [0, 0.05) is 24.8 Å². The average Bonchev–Trinajstić information content (AvgIpc) is 2.53. The third kappa shape index (κ3) is 6.56. The number of carbonyl (C=O) groups is 1. The minimum absolute atomic E-state index is 0.0581. The van der Waals surface area contributed by atoms with Crippen molar-refractivity contribution in [1.29, 1.82) is 0 Å². The Balaban J connectivity index is 3.17. The van der Waals surface area contributed by atoms with Crippen LogP contribution in [0.3, 0.4) is 0 Å². The summed E-state index contributed by atoms with van der Waals surface area (Å²) in [7, 11) is -4.47. The fourth-order valence-corrected chi connectivity index (χ4v) is 2.05. The van der Waals surface area contributed by atoms with Crippen LogP contribution in [0.1, 0.15) is 12.5 Å². The molecule has 0 aliphatic carbocycles. The number of esters is 1. The summed E-state index contributed by atoms with van der Waals surface area (Å²) in [5.41, 5.74) is -5.70. The highest BCUT2D eigenvalue weighted by Gasteiger charge is 2.48. The summed E-state index contributed by atoms with van der Waals surface area (Å²) < 4.78 is 79.0. The molecule has 0 aliphatic rings. The third-order valence-electron chi connectivity index (χ3n) is 2.71. The van der Waals surface area contributed by atoms with Crippen molar-refractivity contribution in [2.24, 2.45) is 0 Å². The maximum atomic E-state index is 12.6. The first-order chi connectivity index (χ1) is 12.1. The number of hydrogen-bond donors (Lipinski definition) is 0. The molecule has 26 heavy (non-hydrogen) atoms. The number of hydrogen-bond acceptors (Lipinski definition) is 7. The summed E-state index contributed by atoms with van der Waals surface area (Å²) in [6, 6.07) is 3.57. The Kier molecular flexibility index (Phi) is 7.90. The van der Waals surface area contributed by atoms with Crippen molar-refractivity contribution in [3.05, 3.63) is 29.8 Å². The van der Waals surface area contributed by atoms with Crippen LogP contribution in [0.2, 0.25) is 0 Å². The summed E-state index contributed by atoms with van der Waals surface area (Å²) in [5, 5.41) is 0. The van der Waals surface area contributed by atoms with Gasteiger partial charge in [0.2, 0.25) is 0 Å². The van der Waals surface area contributed by atoms with Crippen LogP contribution in [0.15, 0.2) is 24.3 Å². The van der Waals surface area contributed by atoms with Gasteiger partial charge in [0.1, 0.15) is 12.4 Å². The van der Waals surface area contributed by atoms with Crippen molar-refractivity contribution in [1.82, 2.24) is 0 Å². The second-order valence-electron chi connectivity index (χ2n) is 4.61. The molecule has 0 spiro atoms. The lowest BCUT2D eigenvalue weighted by molar-refractivity contribution is -0.137. The van der Waals surface area contributed by atoms with E-state index in [1.807, 2.05) is 0 Å². The number of benzene rings is 1. The molecule has 7 nitrogen and oxygen atoms in total. The molecule has 0 amide bonds. The first-order valence-corrected chi connectivity index (χ1v) is 8.63. The van der Waals surface area contributed by atoms with Crippen LogP contribution in [0.25, 0.3) is 6.08 Å². The number of methoxy groups -OCH3 is 1. The molecular weight excluding hydrogens is 381 g/mol. The number of halogens is 3.